The molecule has 0 unspecified atom stereocenters. The molecule has 1 aliphatic rings. The number of rotatable bonds is 3. The number of hydrogen-bond donors (Lipinski definition) is 0. The Balaban J connectivity index is 1.87. The molecule has 0 aliphatic carbocycles. The summed E-state index contributed by atoms with van der Waals surface area (Å²) in [5.74, 6) is 0. The summed E-state index contributed by atoms with van der Waals surface area (Å²) in [6.07, 6.45) is 4.07. The third-order valence-electron chi connectivity index (χ3n) is 4.25. The lowest BCUT2D eigenvalue weighted by Crippen LogP contribution is -1.96. The molecule has 1 saturated heterocycles. The highest BCUT2D eigenvalue weighted by Gasteiger charge is 2.35. The second kappa shape index (κ2) is 5.88. The third kappa shape index (κ3) is 2.60. The molecule has 0 aromatic heterocycles. The van der Waals surface area contributed by atoms with Crippen LogP contribution >= 0.6 is 7.92 Å². The van der Waals surface area contributed by atoms with E-state index in [1.165, 1.54) is 19.0 Å². The van der Waals surface area contributed by atoms with Crippen molar-refractivity contribution < 1.29 is 0 Å². The van der Waals surface area contributed by atoms with Crippen LogP contribution in [0.3, 0.4) is 0 Å². The molecule has 0 N–H and O–H groups in total. The van der Waals surface area contributed by atoms with E-state index in [4.69, 9.17) is 0 Å². The molecule has 2 aromatic rings. The van der Waals surface area contributed by atoms with Gasteiger partial charge in [-0.3, -0.25) is 0 Å². The average Bonchev–Trinajstić information content (AvgIpc) is 2.93. The second-order valence-corrected chi connectivity index (χ2v) is 8.17. The highest BCUT2D eigenvalue weighted by atomic mass is 31.1. The summed E-state index contributed by atoms with van der Waals surface area (Å²) < 4.78 is 0. The zero-order valence-electron chi connectivity index (χ0n) is 11.5. The van der Waals surface area contributed by atoms with Gasteiger partial charge in [-0.2, -0.15) is 0 Å². The van der Waals surface area contributed by atoms with Gasteiger partial charge in [-0.25, -0.2) is 0 Å². The smallest absolute Gasteiger partial charge is 0.00475 e. The Morgan fingerprint density at radius 1 is 0.789 bits per heavy atom. The number of benzene rings is 2. The van der Waals surface area contributed by atoms with Crippen LogP contribution in [0.15, 0.2) is 60.7 Å². The van der Waals surface area contributed by atoms with Gasteiger partial charge >= 0.3 is 0 Å². The van der Waals surface area contributed by atoms with Crippen LogP contribution in [0, 0.1) is 0 Å². The van der Waals surface area contributed by atoms with Gasteiger partial charge in [0.2, 0.25) is 0 Å². The largest absolute Gasteiger partial charge is 0.0916 e. The molecule has 2 atom stereocenters. The Kier molecular flexibility index (Phi) is 3.99. The molecule has 3 rings (SSSR count). The molecule has 0 saturated carbocycles. The molecule has 0 bridgehead atoms. The molecule has 0 amide bonds. The van der Waals surface area contributed by atoms with Crippen LogP contribution in [0.25, 0.3) is 0 Å². The lowest BCUT2D eigenvalue weighted by Gasteiger charge is -2.25. The highest BCUT2D eigenvalue weighted by molar-refractivity contribution is 7.58. The fourth-order valence-corrected chi connectivity index (χ4v) is 6.76. The van der Waals surface area contributed by atoms with Gasteiger partial charge in [0, 0.05) is 11.3 Å². The van der Waals surface area contributed by atoms with Gasteiger partial charge in [0.15, 0.2) is 0 Å². The Labute approximate surface area is 117 Å². The third-order valence-corrected chi connectivity index (χ3v) is 7.69. The van der Waals surface area contributed by atoms with Crippen LogP contribution in [0.5, 0.6) is 0 Å². The fraction of sp³-hybridized carbons (Fsp3) is 0.333. The normalized spacial score (nSPS) is 23.6. The molecule has 1 heterocycles. The Morgan fingerprint density at radius 3 is 1.58 bits per heavy atom. The molecule has 1 fully saturated rings. The first kappa shape index (κ1) is 12.9. The molecular formula is C18H21P. The Morgan fingerprint density at radius 2 is 1.21 bits per heavy atom. The van der Waals surface area contributed by atoms with Gasteiger partial charge in [0.1, 0.15) is 0 Å². The van der Waals surface area contributed by atoms with Crippen molar-refractivity contribution in [2.75, 3.05) is 6.16 Å². The van der Waals surface area contributed by atoms with E-state index in [1.807, 2.05) is 0 Å². The molecule has 0 nitrogen and oxygen atoms in total. The van der Waals surface area contributed by atoms with Crippen LogP contribution in [0.1, 0.15) is 42.2 Å². The molecule has 1 aliphatic heterocycles. The summed E-state index contributed by atoms with van der Waals surface area (Å²) in [4.78, 5) is 0. The monoisotopic (exact) mass is 268 g/mol. The topological polar surface area (TPSA) is 0 Å². The standard InChI is InChI=1S/C18H21P/c1-2-19-17(15-9-5-3-6-10-15)13-14-18(19)16-11-7-4-8-12-16/h3-12,17-18H,2,13-14H2,1H3/t17-,18-/m1/s1. The first-order valence-electron chi connectivity index (χ1n) is 7.25. The molecule has 0 spiro atoms. The van der Waals surface area contributed by atoms with Crippen molar-refractivity contribution >= 4 is 7.92 Å². The van der Waals surface area contributed by atoms with Gasteiger partial charge < -0.3 is 0 Å². The van der Waals surface area contributed by atoms with E-state index in [0.717, 1.165) is 11.3 Å². The molecule has 1 heteroatoms. The van der Waals surface area contributed by atoms with E-state index in [2.05, 4.69) is 67.6 Å². The van der Waals surface area contributed by atoms with Crippen molar-refractivity contribution in [3.8, 4) is 0 Å². The van der Waals surface area contributed by atoms with Gasteiger partial charge in [0.05, 0.1) is 0 Å². The maximum atomic E-state index is 2.38. The van der Waals surface area contributed by atoms with Gasteiger partial charge in [-0.15, -0.1) is 0 Å². The zero-order valence-corrected chi connectivity index (χ0v) is 12.4. The van der Waals surface area contributed by atoms with Crippen LogP contribution < -0.4 is 0 Å². The maximum Gasteiger partial charge on any atom is 0.00475 e. The van der Waals surface area contributed by atoms with E-state index >= 15 is 0 Å². The van der Waals surface area contributed by atoms with Gasteiger partial charge in [-0.1, -0.05) is 75.5 Å². The highest BCUT2D eigenvalue weighted by Crippen LogP contribution is 2.69. The van der Waals surface area contributed by atoms with E-state index in [0.29, 0.717) is 0 Å². The number of hydrogen-bond acceptors (Lipinski definition) is 0. The van der Waals surface area contributed by atoms with Crippen molar-refractivity contribution in [1.82, 2.24) is 0 Å². The Bertz CT molecular complexity index is 458. The molecule has 98 valence electrons. The molecular weight excluding hydrogens is 247 g/mol. The van der Waals surface area contributed by atoms with Crippen molar-refractivity contribution in [2.45, 2.75) is 31.1 Å². The quantitative estimate of drug-likeness (QED) is 0.620. The van der Waals surface area contributed by atoms with Gasteiger partial charge in [0.25, 0.3) is 0 Å². The predicted molar refractivity (Wildman–Crippen MR) is 85.1 cm³/mol. The minimum Gasteiger partial charge on any atom is -0.0916 e. The van der Waals surface area contributed by atoms with Crippen molar-refractivity contribution in [3.63, 3.8) is 0 Å². The fourth-order valence-electron chi connectivity index (χ4n) is 3.37. The summed E-state index contributed by atoms with van der Waals surface area (Å²) in [5, 5.41) is 0. The molecule has 2 aromatic carbocycles. The summed E-state index contributed by atoms with van der Waals surface area (Å²) >= 11 is 0. The lowest BCUT2D eigenvalue weighted by molar-refractivity contribution is 0.765. The van der Waals surface area contributed by atoms with Crippen molar-refractivity contribution in [1.29, 1.82) is 0 Å². The van der Waals surface area contributed by atoms with E-state index in [9.17, 15) is 0 Å². The summed E-state index contributed by atoms with van der Waals surface area (Å²) in [6.45, 7) is 2.38. The summed E-state index contributed by atoms with van der Waals surface area (Å²) in [5.41, 5.74) is 4.75. The van der Waals surface area contributed by atoms with E-state index in [1.54, 1.807) is 11.1 Å². The van der Waals surface area contributed by atoms with E-state index < -0.39 is 0 Å². The summed E-state index contributed by atoms with van der Waals surface area (Å²) in [7, 11) is 0.0777. The van der Waals surface area contributed by atoms with Crippen LogP contribution in [-0.2, 0) is 0 Å². The SMILES string of the molecule is CCP1[C@@H](c2ccccc2)CC[C@@H]1c1ccccc1. The van der Waals surface area contributed by atoms with Crippen molar-refractivity contribution in [3.05, 3.63) is 71.8 Å². The Hall–Kier alpha value is -1.13. The molecule has 19 heavy (non-hydrogen) atoms. The second-order valence-electron chi connectivity index (χ2n) is 5.26. The van der Waals surface area contributed by atoms with Crippen LogP contribution in [-0.4, -0.2) is 6.16 Å². The minimum absolute atomic E-state index is 0.0777. The van der Waals surface area contributed by atoms with Crippen molar-refractivity contribution in [2.24, 2.45) is 0 Å². The predicted octanol–water partition coefficient (Wildman–Crippen LogP) is 5.76. The van der Waals surface area contributed by atoms with Gasteiger partial charge in [-0.05, 0) is 30.1 Å². The average molecular weight is 268 g/mol. The minimum atomic E-state index is 0.0777. The lowest BCUT2D eigenvalue weighted by atomic mass is 10.0. The summed E-state index contributed by atoms with van der Waals surface area (Å²) in [6, 6.07) is 22.3. The van der Waals surface area contributed by atoms with E-state index in [-0.39, 0.29) is 7.92 Å². The molecule has 0 radical (unpaired) electrons. The van der Waals surface area contributed by atoms with Crippen LogP contribution in [0.2, 0.25) is 0 Å². The van der Waals surface area contributed by atoms with Crippen LogP contribution in [0.4, 0.5) is 0 Å². The maximum absolute atomic E-state index is 2.38. The first-order chi connectivity index (χ1) is 9.40. The first-order valence-corrected chi connectivity index (χ1v) is 8.92. The zero-order chi connectivity index (χ0) is 13.1.